The highest BCUT2D eigenvalue weighted by Gasteiger charge is 2.19. The van der Waals surface area contributed by atoms with E-state index in [1.165, 1.54) is 0 Å². The topological polar surface area (TPSA) is 17.1 Å². The van der Waals surface area contributed by atoms with Crippen molar-refractivity contribution in [2.45, 2.75) is 12.8 Å². The van der Waals surface area contributed by atoms with Gasteiger partial charge in [0.2, 0.25) is 0 Å². The zero-order chi connectivity index (χ0) is 8.55. The number of allylic oxidation sites excluding steroid dienone is 1. The van der Waals surface area contributed by atoms with Crippen LogP contribution in [0, 0.1) is 6.07 Å². The van der Waals surface area contributed by atoms with Crippen molar-refractivity contribution in [2.24, 2.45) is 0 Å². The Morgan fingerprint density at radius 2 is 2.42 bits per heavy atom. The maximum Gasteiger partial charge on any atom is 0.141 e. The van der Waals surface area contributed by atoms with E-state index in [-0.39, 0.29) is 11.7 Å². The van der Waals surface area contributed by atoms with E-state index in [0.717, 1.165) is 11.1 Å². The summed E-state index contributed by atoms with van der Waals surface area (Å²) in [6, 6.07) is 8.86. The van der Waals surface area contributed by atoms with Gasteiger partial charge in [0.25, 0.3) is 0 Å². The largest absolute Gasteiger partial charge is 0.299 e. The molecule has 0 saturated carbocycles. The molecule has 0 amide bonds. The van der Waals surface area contributed by atoms with E-state index in [9.17, 15) is 4.79 Å². The summed E-state index contributed by atoms with van der Waals surface area (Å²) >= 11 is 0. The molecule has 0 aliphatic heterocycles. The minimum Gasteiger partial charge on any atom is -0.299 e. The standard InChI is InChI=1S/C11H9O/c1-8(12)10-7-6-9-4-2-3-5-11(9)10/h2-3,5-7,10H,1H3. The lowest BCUT2D eigenvalue weighted by molar-refractivity contribution is -0.117. The lowest BCUT2D eigenvalue weighted by Crippen LogP contribution is -2.03. The van der Waals surface area contributed by atoms with Crippen molar-refractivity contribution in [3.8, 4) is 0 Å². The number of carbonyl (C=O) groups excluding carboxylic acids is 1. The SMILES string of the molecule is CC(=O)C1C=Cc2[c]cccc21. The summed E-state index contributed by atoms with van der Waals surface area (Å²) in [5.74, 6) is 0.169. The van der Waals surface area contributed by atoms with Gasteiger partial charge >= 0.3 is 0 Å². The summed E-state index contributed by atoms with van der Waals surface area (Å²) < 4.78 is 0. The van der Waals surface area contributed by atoms with E-state index >= 15 is 0 Å². The number of fused-ring (bicyclic) bond motifs is 1. The van der Waals surface area contributed by atoms with Crippen LogP contribution in [0.25, 0.3) is 6.08 Å². The molecule has 1 atom stereocenters. The van der Waals surface area contributed by atoms with E-state index in [1.807, 2.05) is 30.4 Å². The van der Waals surface area contributed by atoms with Crippen molar-refractivity contribution in [2.75, 3.05) is 0 Å². The zero-order valence-electron chi connectivity index (χ0n) is 6.87. The predicted molar refractivity (Wildman–Crippen MR) is 47.7 cm³/mol. The highest BCUT2D eigenvalue weighted by Crippen LogP contribution is 2.29. The molecule has 0 fully saturated rings. The number of Topliss-reactive ketones (excluding diaryl/α,β-unsaturated/α-hetero) is 1. The van der Waals surface area contributed by atoms with Crippen molar-refractivity contribution < 1.29 is 4.79 Å². The Kier molecular flexibility index (Phi) is 1.58. The van der Waals surface area contributed by atoms with E-state index < -0.39 is 0 Å². The molecule has 1 unspecified atom stereocenters. The molecule has 1 nitrogen and oxygen atoms in total. The molecule has 1 radical (unpaired) electrons. The van der Waals surface area contributed by atoms with E-state index in [0.29, 0.717) is 0 Å². The van der Waals surface area contributed by atoms with Gasteiger partial charge in [-0.2, -0.15) is 0 Å². The van der Waals surface area contributed by atoms with Crippen LogP contribution >= 0.6 is 0 Å². The molecular formula is C11H9O. The number of carbonyl (C=O) groups is 1. The molecule has 0 saturated heterocycles. The first kappa shape index (κ1) is 7.29. The van der Waals surface area contributed by atoms with Gasteiger partial charge in [0.15, 0.2) is 0 Å². The van der Waals surface area contributed by atoms with Crippen LogP contribution in [0.3, 0.4) is 0 Å². The summed E-state index contributed by atoms with van der Waals surface area (Å²) in [5, 5.41) is 0. The van der Waals surface area contributed by atoms with Gasteiger partial charge in [-0.25, -0.2) is 0 Å². The number of rotatable bonds is 1. The molecule has 12 heavy (non-hydrogen) atoms. The average Bonchev–Trinajstić information content (AvgIpc) is 2.47. The van der Waals surface area contributed by atoms with Crippen LogP contribution in [0.5, 0.6) is 0 Å². The van der Waals surface area contributed by atoms with Crippen molar-refractivity contribution >= 4 is 11.9 Å². The Morgan fingerprint density at radius 3 is 3.17 bits per heavy atom. The Labute approximate surface area is 71.7 Å². The van der Waals surface area contributed by atoms with E-state index in [2.05, 4.69) is 6.07 Å². The second-order valence-corrected chi connectivity index (χ2v) is 2.99. The third-order valence-electron chi connectivity index (χ3n) is 2.15. The van der Waals surface area contributed by atoms with Crippen LogP contribution in [-0.4, -0.2) is 5.78 Å². The Morgan fingerprint density at radius 1 is 1.58 bits per heavy atom. The number of hydrogen-bond acceptors (Lipinski definition) is 1. The van der Waals surface area contributed by atoms with Gasteiger partial charge in [-0.1, -0.05) is 30.4 Å². The van der Waals surface area contributed by atoms with Crippen molar-refractivity contribution in [3.05, 3.63) is 41.5 Å². The molecule has 0 aromatic heterocycles. The minimum absolute atomic E-state index is 0.0301. The minimum atomic E-state index is -0.0301. The Bertz CT molecular complexity index is 350. The van der Waals surface area contributed by atoms with Crippen LogP contribution in [-0.2, 0) is 4.79 Å². The van der Waals surface area contributed by atoms with Crippen LogP contribution in [0.1, 0.15) is 24.0 Å². The molecule has 1 heteroatoms. The normalized spacial score (nSPS) is 19.2. The van der Waals surface area contributed by atoms with Crippen molar-refractivity contribution in [3.63, 3.8) is 0 Å². The van der Waals surface area contributed by atoms with Crippen molar-refractivity contribution in [1.29, 1.82) is 0 Å². The third-order valence-corrected chi connectivity index (χ3v) is 2.15. The summed E-state index contributed by atoms with van der Waals surface area (Å²) in [7, 11) is 0. The van der Waals surface area contributed by atoms with Gasteiger partial charge in [0.1, 0.15) is 5.78 Å². The first-order chi connectivity index (χ1) is 5.79. The Balaban J connectivity index is 2.49. The van der Waals surface area contributed by atoms with Gasteiger partial charge < -0.3 is 0 Å². The highest BCUT2D eigenvalue weighted by molar-refractivity contribution is 5.90. The molecule has 0 N–H and O–H groups in total. The zero-order valence-corrected chi connectivity index (χ0v) is 6.87. The molecule has 0 bridgehead atoms. The number of benzene rings is 1. The second kappa shape index (κ2) is 2.59. The molecule has 59 valence electrons. The number of ketones is 1. The Hall–Kier alpha value is -1.37. The molecule has 0 spiro atoms. The van der Waals surface area contributed by atoms with Crippen molar-refractivity contribution in [1.82, 2.24) is 0 Å². The van der Waals surface area contributed by atoms with Gasteiger partial charge in [-0.05, 0) is 24.1 Å². The second-order valence-electron chi connectivity index (χ2n) is 2.99. The maximum absolute atomic E-state index is 11.1. The molecule has 0 heterocycles. The highest BCUT2D eigenvalue weighted by atomic mass is 16.1. The monoisotopic (exact) mass is 157 g/mol. The first-order valence-electron chi connectivity index (χ1n) is 3.98. The lowest BCUT2D eigenvalue weighted by Gasteiger charge is -2.04. The number of hydrogen-bond donors (Lipinski definition) is 0. The predicted octanol–water partition coefficient (Wildman–Crippen LogP) is 2.19. The molecule has 1 aromatic carbocycles. The smallest absolute Gasteiger partial charge is 0.141 e. The maximum atomic E-state index is 11.1. The van der Waals surface area contributed by atoms with Crippen LogP contribution in [0.2, 0.25) is 0 Å². The summed E-state index contributed by atoms with van der Waals surface area (Å²) in [6.45, 7) is 1.62. The molecule has 1 aliphatic rings. The molecule has 1 aromatic rings. The third kappa shape index (κ3) is 0.981. The fraction of sp³-hybridized carbons (Fsp3) is 0.182. The fourth-order valence-electron chi connectivity index (χ4n) is 1.53. The summed E-state index contributed by atoms with van der Waals surface area (Å²) in [6.07, 6.45) is 3.89. The van der Waals surface area contributed by atoms with Gasteiger partial charge in [-0.15, -0.1) is 0 Å². The lowest BCUT2D eigenvalue weighted by atomic mass is 9.98. The van der Waals surface area contributed by atoms with Gasteiger partial charge in [0.05, 0.1) is 5.92 Å². The first-order valence-corrected chi connectivity index (χ1v) is 3.98. The van der Waals surface area contributed by atoms with E-state index in [1.54, 1.807) is 6.92 Å². The fourth-order valence-corrected chi connectivity index (χ4v) is 1.53. The summed E-state index contributed by atoms with van der Waals surface area (Å²) in [4.78, 5) is 11.1. The molecular weight excluding hydrogens is 148 g/mol. The van der Waals surface area contributed by atoms with Gasteiger partial charge in [0, 0.05) is 0 Å². The molecule has 2 rings (SSSR count). The van der Waals surface area contributed by atoms with E-state index in [4.69, 9.17) is 0 Å². The quantitative estimate of drug-likeness (QED) is 0.610. The molecule has 1 aliphatic carbocycles. The van der Waals surface area contributed by atoms with Crippen LogP contribution in [0.15, 0.2) is 24.3 Å². The van der Waals surface area contributed by atoms with Gasteiger partial charge in [-0.3, -0.25) is 4.79 Å². The van der Waals surface area contributed by atoms with Crippen LogP contribution in [0.4, 0.5) is 0 Å². The van der Waals surface area contributed by atoms with Crippen LogP contribution < -0.4 is 0 Å². The average molecular weight is 157 g/mol. The summed E-state index contributed by atoms with van der Waals surface area (Å²) in [5.41, 5.74) is 2.14.